The third kappa shape index (κ3) is 5.51. The molecule has 1 aromatic rings. The maximum atomic E-state index is 12.1. The van der Waals surface area contributed by atoms with Crippen LogP contribution < -0.4 is 16.0 Å². The van der Waals surface area contributed by atoms with Gasteiger partial charge < -0.3 is 20.9 Å². The first-order valence-corrected chi connectivity index (χ1v) is 7.10. The Hall–Kier alpha value is -1.95. The van der Waals surface area contributed by atoms with Gasteiger partial charge in [-0.15, -0.1) is 0 Å². The number of carbonyl (C=O) groups is 2. The smallest absolute Gasteiger partial charge is 0.316 e. The van der Waals surface area contributed by atoms with Gasteiger partial charge in [-0.25, -0.2) is 4.79 Å². The maximum Gasteiger partial charge on any atom is 0.316 e. The first-order chi connectivity index (χ1) is 9.95. The van der Waals surface area contributed by atoms with Gasteiger partial charge in [0.1, 0.15) is 0 Å². The molecule has 0 aromatic heterocycles. The van der Waals surface area contributed by atoms with Crippen molar-refractivity contribution in [3.63, 3.8) is 0 Å². The minimum Gasteiger partial charge on any atom is -0.385 e. The number of benzene rings is 1. The highest BCUT2D eigenvalue weighted by Gasteiger charge is 2.11. The summed E-state index contributed by atoms with van der Waals surface area (Å²) in [6.07, 6.45) is 0. The van der Waals surface area contributed by atoms with E-state index in [1.54, 1.807) is 32.3 Å². The summed E-state index contributed by atoms with van der Waals surface area (Å²) in [5.74, 6) is -0.229. The molecular formula is C14H21ClN4O2. The van der Waals surface area contributed by atoms with Gasteiger partial charge >= 0.3 is 6.03 Å². The van der Waals surface area contributed by atoms with Crippen molar-refractivity contribution in [1.29, 1.82) is 0 Å². The molecule has 0 saturated heterocycles. The molecule has 0 aliphatic heterocycles. The Morgan fingerprint density at radius 3 is 2.48 bits per heavy atom. The summed E-state index contributed by atoms with van der Waals surface area (Å²) in [6.45, 7) is 3.37. The van der Waals surface area contributed by atoms with Crippen LogP contribution in [0.5, 0.6) is 0 Å². The van der Waals surface area contributed by atoms with E-state index in [4.69, 9.17) is 11.6 Å². The van der Waals surface area contributed by atoms with Crippen LogP contribution in [-0.2, 0) is 0 Å². The molecule has 0 atom stereocenters. The Bertz CT molecular complexity index is 506. The largest absolute Gasteiger partial charge is 0.385 e. The molecule has 0 saturated carbocycles. The van der Waals surface area contributed by atoms with E-state index < -0.39 is 0 Å². The third-order valence-electron chi connectivity index (χ3n) is 2.69. The van der Waals surface area contributed by atoms with E-state index in [9.17, 15) is 9.59 Å². The van der Waals surface area contributed by atoms with E-state index in [-0.39, 0.29) is 11.9 Å². The molecule has 0 aliphatic carbocycles. The lowest BCUT2D eigenvalue weighted by Crippen LogP contribution is -2.39. The van der Waals surface area contributed by atoms with Crippen LogP contribution in [0.15, 0.2) is 18.2 Å². The molecule has 7 heteroatoms. The molecule has 116 valence electrons. The van der Waals surface area contributed by atoms with Crippen molar-refractivity contribution in [1.82, 2.24) is 15.5 Å². The Balaban J connectivity index is 2.55. The lowest BCUT2D eigenvalue weighted by atomic mass is 10.1. The van der Waals surface area contributed by atoms with Crippen LogP contribution in [0.4, 0.5) is 10.5 Å². The van der Waals surface area contributed by atoms with E-state index in [0.29, 0.717) is 30.2 Å². The molecule has 0 radical (unpaired) electrons. The van der Waals surface area contributed by atoms with Crippen molar-refractivity contribution >= 4 is 29.2 Å². The molecular weight excluding hydrogens is 292 g/mol. The molecule has 0 fully saturated rings. The minimum absolute atomic E-state index is 0.194. The summed E-state index contributed by atoms with van der Waals surface area (Å²) in [5, 5.41) is 9.03. The monoisotopic (exact) mass is 312 g/mol. The predicted octanol–water partition coefficient (Wildman–Crippen LogP) is 1.77. The summed E-state index contributed by atoms with van der Waals surface area (Å²) in [5.41, 5.74) is 1.22. The van der Waals surface area contributed by atoms with Gasteiger partial charge in [0.15, 0.2) is 0 Å². The molecule has 6 nitrogen and oxygen atoms in total. The molecule has 1 aromatic carbocycles. The summed E-state index contributed by atoms with van der Waals surface area (Å²) in [6, 6.07) is 4.93. The SMILES string of the molecule is CCNc1ccc(Cl)cc1C(=O)NCCNC(=O)N(C)C. The normalized spacial score (nSPS) is 9.90. The number of hydrogen-bond acceptors (Lipinski definition) is 3. The van der Waals surface area contributed by atoms with Crippen molar-refractivity contribution in [2.24, 2.45) is 0 Å². The summed E-state index contributed by atoms with van der Waals surface area (Å²) in [7, 11) is 3.31. The number of nitrogens with one attached hydrogen (secondary N) is 3. The number of carbonyl (C=O) groups excluding carboxylic acids is 2. The summed E-state index contributed by atoms with van der Waals surface area (Å²) >= 11 is 5.93. The zero-order valence-electron chi connectivity index (χ0n) is 12.5. The van der Waals surface area contributed by atoms with Gasteiger partial charge in [0, 0.05) is 44.4 Å². The molecule has 0 aliphatic rings. The highest BCUT2D eigenvalue weighted by Crippen LogP contribution is 2.20. The lowest BCUT2D eigenvalue weighted by molar-refractivity contribution is 0.0954. The quantitative estimate of drug-likeness (QED) is 0.701. The first kappa shape index (κ1) is 17.1. The van der Waals surface area contributed by atoms with Gasteiger partial charge in [-0.1, -0.05) is 11.6 Å². The van der Waals surface area contributed by atoms with Crippen LogP contribution in [-0.4, -0.2) is 50.6 Å². The van der Waals surface area contributed by atoms with Crippen LogP contribution in [0.2, 0.25) is 5.02 Å². The van der Waals surface area contributed by atoms with Crippen molar-refractivity contribution in [3.8, 4) is 0 Å². The zero-order valence-corrected chi connectivity index (χ0v) is 13.3. The van der Waals surface area contributed by atoms with Crippen LogP contribution in [0.1, 0.15) is 17.3 Å². The fraction of sp³-hybridized carbons (Fsp3) is 0.429. The molecule has 0 unspecified atom stereocenters. The number of amides is 3. The van der Waals surface area contributed by atoms with E-state index in [2.05, 4.69) is 16.0 Å². The van der Waals surface area contributed by atoms with Gasteiger partial charge in [0.2, 0.25) is 0 Å². The fourth-order valence-corrected chi connectivity index (χ4v) is 1.82. The van der Waals surface area contributed by atoms with Crippen LogP contribution in [0, 0.1) is 0 Å². The average molecular weight is 313 g/mol. The van der Waals surface area contributed by atoms with Crippen molar-refractivity contribution < 1.29 is 9.59 Å². The van der Waals surface area contributed by atoms with E-state index in [0.717, 1.165) is 5.69 Å². The predicted molar refractivity (Wildman–Crippen MR) is 85.0 cm³/mol. The number of halogens is 1. The van der Waals surface area contributed by atoms with Gasteiger partial charge in [-0.3, -0.25) is 4.79 Å². The van der Waals surface area contributed by atoms with Crippen molar-refractivity contribution in [2.45, 2.75) is 6.92 Å². The molecule has 21 heavy (non-hydrogen) atoms. The Kier molecular flexibility index (Phi) is 6.81. The second kappa shape index (κ2) is 8.36. The topological polar surface area (TPSA) is 73.5 Å². The molecule has 3 amide bonds. The maximum absolute atomic E-state index is 12.1. The van der Waals surface area contributed by atoms with Gasteiger partial charge in [0.05, 0.1) is 5.56 Å². The number of urea groups is 1. The Morgan fingerprint density at radius 2 is 1.86 bits per heavy atom. The van der Waals surface area contributed by atoms with Gasteiger partial charge in [-0.2, -0.15) is 0 Å². The fourth-order valence-electron chi connectivity index (χ4n) is 1.65. The highest BCUT2D eigenvalue weighted by molar-refractivity contribution is 6.31. The number of nitrogens with zero attached hydrogens (tertiary/aromatic N) is 1. The Morgan fingerprint density at radius 1 is 1.19 bits per heavy atom. The van der Waals surface area contributed by atoms with Crippen molar-refractivity contribution in [2.75, 3.05) is 39.0 Å². The van der Waals surface area contributed by atoms with E-state index >= 15 is 0 Å². The number of hydrogen-bond donors (Lipinski definition) is 3. The number of anilines is 1. The molecule has 0 bridgehead atoms. The van der Waals surface area contributed by atoms with Crippen LogP contribution in [0.3, 0.4) is 0 Å². The van der Waals surface area contributed by atoms with Crippen molar-refractivity contribution in [3.05, 3.63) is 28.8 Å². The number of rotatable bonds is 6. The van der Waals surface area contributed by atoms with E-state index in [1.807, 2.05) is 6.92 Å². The van der Waals surface area contributed by atoms with E-state index in [1.165, 1.54) is 4.90 Å². The molecule has 3 N–H and O–H groups in total. The van der Waals surface area contributed by atoms with Gasteiger partial charge in [0.25, 0.3) is 5.91 Å². The molecule has 0 heterocycles. The van der Waals surface area contributed by atoms with Gasteiger partial charge in [-0.05, 0) is 25.1 Å². The average Bonchev–Trinajstić information content (AvgIpc) is 2.45. The van der Waals surface area contributed by atoms with Crippen LogP contribution in [0.25, 0.3) is 0 Å². The second-order valence-electron chi connectivity index (χ2n) is 4.60. The van der Waals surface area contributed by atoms with Crippen LogP contribution >= 0.6 is 11.6 Å². The molecule has 1 rings (SSSR count). The second-order valence-corrected chi connectivity index (χ2v) is 5.04. The minimum atomic E-state index is -0.229. The zero-order chi connectivity index (χ0) is 15.8. The lowest BCUT2D eigenvalue weighted by Gasteiger charge is -2.13. The summed E-state index contributed by atoms with van der Waals surface area (Å²) in [4.78, 5) is 24.9. The summed E-state index contributed by atoms with van der Waals surface area (Å²) < 4.78 is 0. The highest BCUT2D eigenvalue weighted by atomic mass is 35.5. The molecule has 0 spiro atoms. The Labute approximate surface area is 129 Å². The first-order valence-electron chi connectivity index (χ1n) is 6.72. The standard InChI is InChI=1S/C14H21ClN4O2/c1-4-16-12-6-5-10(15)9-11(12)13(20)17-7-8-18-14(21)19(2)3/h5-6,9,16H,4,7-8H2,1-3H3,(H,17,20)(H,18,21). The third-order valence-corrected chi connectivity index (χ3v) is 2.92.